The van der Waals surface area contributed by atoms with E-state index in [4.69, 9.17) is 5.73 Å². The number of Topliss-reactive ketones (excluding diaryl/α,β-unsaturated/α-hetero) is 1. The lowest BCUT2D eigenvalue weighted by atomic mass is 9.97. The SMILES string of the molecule is NC=C(C(=O)c1c[nH]c2ncc(F)cc12)c1cccc(F)c1F. The van der Waals surface area contributed by atoms with Gasteiger partial charge in [-0.1, -0.05) is 12.1 Å². The molecule has 1 aromatic carbocycles. The van der Waals surface area contributed by atoms with Crippen LogP contribution in [0.5, 0.6) is 0 Å². The van der Waals surface area contributed by atoms with Crippen LogP contribution in [0, 0.1) is 17.5 Å². The topological polar surface area (TPSA) is 71.8 Å². The summed E-state index contributed by atoms with van der Waals surface area (Å²) in [6.07, 6.45) is 3.21. The Bertz CT molecular complexity index is 947. The number of hydrogen-bond acceptors (Lipinski definition) is 3. The molecule has 116 valence electrons. The summed E-state index contributed by atoms with van der Waals surface area (Å²) in [6.45, 7) is 0. The number of aromatic nitrogens is 2. The van der Waals surface area contributed by atoms with E-state index in [1.807, 2.05) is 0 Å². The summed E-state index contributed by atoms with van der Waals surface area (Å²) in [5, 5.41) is 0.228. The van der Waals surface area contributed by atoms with E-state index in [0.29, 0.717) is 5.65 Å². The Morgan fingerprint density at radius 3 is 2.74 bits per heavy atom. The Balaban J connectivity index is 2.13. The minimum Gasteiger partial charge on any atom is -0.404 e. The number of ketones is 1. The normalized spacial score (nSPS) is 11.9. The van der Waals surface area contributed by atoms with E-state index in [-0.39, 0.29) is 22.1 Å². The summed E-state index contributed by atoms with van der Waals surface area (Å²) >= 11 is 0. The van der Waals surface area contributed by atoms with Crippen molar-refractivity contribution < 1.29 is 18.0 Å². The highest BCUT2D eigenvalue weighted by atomic mass is 19.2. The fourth-order valence-electron chi connectivity index (χ4n) is 2.31. The lowest BCUT2D eigenvalue weighted by Crippen LogP contribution is -2.07. The molecular formula is C16H10F3N3O. The third kappa shape index (κ3) is 2.46. The Morgan fingerprint density at radius 2 is 2.00 bits per heavy atom. The van der Waals surface area contributed by atoms with Crippen molar-refractivity contribution in [3.63, 3.8) is 0 Å². The quantitative estimate of drug-likeness (QED) is 0.576. The Hall–Kier alpha value is -3.09. The number of carbonyl (C=O) groups excluding carboxylic acids is 1. The first-order chi connectivity index (χ1) is 11.0. The monoisotopic (exact) mass is 317 g/mol. The van der Waals surface area contributed by atoms with Crippen LogP contribution in [0.4, 0.5) is 13.2 Å². The van der Waals surface area contributed by atoms with Gasteiger partial charge in [0.2, 0.25) is 0 Å². The molecule has 0 radical (unpaired) electrons. The lowest BCUT2D eigenvalue weighted by molar-refractivity contribution is 0.105. The molecule has 4 nitrogen and oxygen atoms in total. The standard InChI is InChI=1S/C16H10F3N3O/c17-8-4-10-12(7-22-16(10)21-6-8)15(23)11(5-20)9-2-1-3-13(18)14(9)19/h1-7H,20H2,(H,21,22). The second-order valence-electron chi connectivity index (χ2n) is 4.76. The maximum Gasteiger partial charge on any atom is 0.197 e. The van der Waals surface area contributed by atoms with Crippen molar-refractivity contribution in [1.82, 2.24) is 9.97 Å². The average molecular weight is 317 g/mol. The van der Waals surface area contributed by atoms with E-state index in [0.717, 1.165) is 24.5 Å². The highest BCUT2D eigenvalue weighted by Crippen LogP contribution is 2.27. The largest absolute Gasteiger partial charge is 0.404 e. The van der Waals surface area contributed by atoms with E-state index < -0.39 is 23.2 Å². The van der Waals surface area contributed by atoms with Crippen LogP contribution in [0.3, 0.4) is 0 Å². The molecule has 0 spiro atoms. The number of benzene rings is 1. The summed E-state index contributed by atoms with van der Waals surface area (Å²) in [5.41, 5.74) is 5.30. The van der Waals surface area contributed by atoms with Crippen LogP contribution in [0.15, 0.2) is 42.9 Å². The predicted molar refractivity (Wildman–Crippen MR) is 78.9 cm³/mol. The van der Waals surface area contributed by atoms with Gasteiger partial charge in [-0.3, -0.25) is 4.79 Å². The lowest BCUT2D eigenvalue weighted by Gasteiger charge is -2.07. The number of halogens is 3. The highest BCUT2D eigenvalue weighted by molar-refractivity contribution is 6.32. The minimum absolute atomic E-state index is 0.0624. The van der Waals surface area contributed by atoms with Gasteiger partial charge in [-0.2, -0.15) is 0 Å². The Labute approximate surface area is 128 Å². The summed E-state index contributed by atoms with van der Waals surface area (Å²) in [7, 11) is 0. The molecule has 0 aliphatic rings. The number of nitrogens with two attached hydrogens (primary N) is 1. The summed E-state index contributed by atoms with van der Waals surface area (Å²) in [6, 6.07) is 4.56. The average Bonchev–Trinajstić information content (AvgIpc) is 2.95. The number of hydrogen-bond donors (Lipinski definition) is 2. The molecule has 3 rings (SSSR count). The minimum atomic E-state index is -1.18. The van der Waals surface area contributed by atoms with Crippen LogP contribution in [0.25, 0.3) is 16.6 Å². The molecule has 2 heterocycles. The number of H-pyrrole nitrogens is 1. The molecule has 2 aromatic heterocycles. The fourth-order valence-corrected chi connectivity index (χ4v) is 2.31. The molecule has 0 bridgehead atoms. The number of carbonyl (C=O) groups is 1. The van der Waals surface area contributed by atoms with Crippen molar-refractivity contribution in [2.24, 2.45) is 5.73 Å². The third-order valence-electron chi connectivity index (χ3n) is 3.40. The van der Waals surface area contributed by atoms with Gasteiger partial charge in [0, 0.05) is 34.5 Å². The fraction of sp³-hybridized carbons (Fsp3) is 0. The molecule has 0 fully saturated rings. The van der Waals surface area contributed by atoms with Crippen molar-refractivity contribution in [3.8, 4) is 0 Å². The molecule has 0 amide bonds. The zero-order valence-electron chi connectivity index (χ0n) is 11.6. The molecule has 7 heteroatoms. The van der Waals surface area contributed by atoms with Crippen LogP contribution >= 0.6 is 0 Å². The van der Waals surface area contributed by atoms with Crippen molar-refractivity contribution in [2.75, 3.05) is 0 Å². The molecule has 0 saturated carbocycles. The first-order valence-electron chi connectivity index (χ1n) is 6.56. The van der Waals surface area contributed by atoms with Gasteiger partial charge in [-0.25, -0.2) is 18.2 Å². The highest BCUT2D eigenvalue weighted by Gasteiger charge is 2.22. The van der Waals surface area contributed by atoms with Gasteiger partial charge < -0.3 is 10.7 Å². The second kappa shape index (κ2) is 5.60. The summed E-state index contributed by atoms with van der Waals surface area (Å²) in [4.78, 5) is 19.1. The van der Waals surface area contributed by atoms with Crippen LogP contribution < -0.4 is 5.73 Å². The molecule has 0 unspecified atom stereocenters. The number of rotatable bonds is 3. The molecule has 3 aromatic rings. The van der Waals surface area contributed by atoms with Crippen molar-refractivity contribution in [3.05, 3.63) is 71.4 Å². The van der Waals surface area contributed by atoms with Gasteiger partial charge >= 0.3 is 0 Å². The van der Waals surface area contributed by atoms with Gasteiger partial charge in [0.25, 0.3) is 0 Å². The van der Waals surface area contributed by atoms with Gasteiger partial charge in [0.1, 0.15) is 11.5 Å². The van der Waals surface area contributed by atoms with Gasteiger partial charge in [-0.05, 0) is 12.1 Å². The van der Waals surface area contributed by atoms with E-state index in [1.54, 1.807) is 0 Å². The number of nitrogens with one attached hydrogen (secondary N) is 1. The molecule has 23 heavy (non-hydrogen) atoms. The molecule has 0 saturated heterocycles. The van der Waals surface area contributed by atoms with Gasteiger partial charge in [0.15, 0.2) is 17.4 Å². The van der Waals surface area contributed by atoms with E-state index in [1.165, 1.54) is 18.3 Å². The maximum absolute atomic E-state index is 13.9. The van der Waals surface area contributed by atoms with Crippen LogP contribution in [-0.2, 0) is 0 Å². The number of fused-ring (bicyclic) bond motifs is 1. The summed E-state index contributed by atoms with van der Waals surface area (Å²) < 4.78 is 40.6. The van der Waals surface area contributed by atoms with E-state index >= 15 is 0 Å². The first-order valence-corrected chi connectivity index (χ1v) is 6.56. The number of allylic oxidation sites excluding steroid dienone is 1. The smallest absolute Gasteiger partial charge is 0.197 e. The molecule has 3 N–H and O–H groups in total. The Kier molecular flexibility index (Phi) is 3.61. The zero-order chi connectivity index (χ0) is 16.6. The van der Waals surface area contributed by atoms with Crippen LogP contribution in [0.2, 0.25) is 0 Å². The second-order valence-corrected chi connectivity index (χ2v) is 4.76. The van der Waals surface area contributed by atoms with Crippen molar-refractivity contribution >= 4 is 22.4 Å². The summed E-state index contributed by atoms with van der Waals surface area (Å²) in [5.74, 6) is -3.57. The van der Waals surface area contributed by atoms with E-state index in [2.05, 4.69) is 9.97 Å². The van der Waals surface area contributed by atoms with Gasteiger partial charge in [0.05, 0.1) is 6.20 Å². The molecular weight excluding hydrogens is 307 g/mol. The van der Waals surface area contributed by atoms with Gasteiger partial charge in [-0.15, -0.1) is 0 Å². The number of aromatic amines is 1. The third-order valence-corrected chi connectivity index (χ3v) is 3.40. The number of pyridine rings is 1. The van der Waals surface area contributed by atoms with Crippen molar-refractivity contribution in [2.45, 2.75) is 0 Å². The Morgan fingerprint density at radius 1 is 1.22 bits per heavy atom. The first kappa shape index (κ1) is 14.8. The zero-order valence-corrected chi connectivity index (χ0v) is 11.6. The van der Waals surface area contributed by atoms with Crippen LogP contribution in [0.1, 0.15) is 15.9 Å². The maximum atomic E-state index is 13.9. The molecule has 0 atom stereocenters. The van der Waals surface area contributed by atoms with Crippen molar-refractivity contribution in [1.29, 1.82) is 0 Å². The molecule has 0 aliphatic carbocycles. The van der Waals surface area contributed by atoms with E-state index in [9.17, 15) is 18.0 Å². The number of nitrogens with zero attached hydrogens (tertiary/aromatic N) is 1. The van der Waals surface area contributed by atoms with Crippen LogP contribution in [-0.4, -0.2) is 15.8 Å². The molecule has 0 aliphatic heterocycles. The predicted octanol–water partition coefficient (Wildman–Crippen LogP) is 3.16.